The van der Waals surface area contributed by atoms with E-state index in [4.69, 9.17) is 5.26 Å². The van der Waals surface area contributed by atoms with Crippen LogP contribution >= 0.6 is 0 Å². The highest BCUT2D eigenvalue weighted by Crippen LogP contribution is 2.30. The first-order valence-electron chi connectivity index (χ1n) is 7.57. The van der Waals surface area contributed by atoms with Gasteiger partial charge in [0.25, 0.3) is 0 Å². The smallest absolute Gasteiger partial charge is 0.223 e. The summed E-state index contributed by atoms with van der Waals surface area (Å²) in [6, 6.07) is 9.77. The average molecular weight is 342 g/mol. The summed E-state index contributed by atoms with van der Waals surface area (Å²) >= 11 is -2.04. The van der Waals surface area contributed by atoms with E-state index in [1.165, 1.54) is 0 Å². The van der Waals surface area contributed by atoms with Crippen molar-refractivity contribution in [3.63, 3.8) is 0 Å². The van der Waals surface area contributed by atoms with E-state index in [-0.39, 0.29) is 5.75 Å². The lowest BCUT2D eigenvalue weighted by molar-refractivity contribution is 0.415. The molecule has 0 spiro atoms. The molecule has 1 unspecified atom stereocenters. The van der Waals surface area contributed by atoms with Crippen molar-refractivity contribution < 1.29 is 8.76 Å². The van der Waals surface area contributed by atoms with Gasteiger partial charge in [-0.25, -0.2) is 9.97 Å². The van der Waals surface area contributed by atoms with Gasteiger partial charge in [-0.1, -0.05) is 41.4 Å². The van der Waals surface area contributed by atoms with Crippen LogP contribution in [0.4, 0.5) is 5.95 Å². The molecule has 2 aromatic rings. The van der Waals surface area contributed by atoms with Crippen molar-refractivity contribution in [1.82, 2.24) is 14.9 Å². The summed E-state index contributed by atoms with van der Waals surface area (Å²) in [6.07, 6.45) is 2.64. The van der Waals surface area contributed by atoms with Crippen LogP contribution in [0.3, 0.4) is 0 Å². The monoisotopic (exact) mass is 342 g/mol. The third kappa shape index (κ3) is 3.69. The van der Waals surface area contributed by atoms with Gasteiger partial charge in [-0.05, 0) is 6.42 Å². The minimum absolute atomic E-state index is 0.103. The van der Waals surface area contributed by atoms with Crippen molar-refractivity contribution in [2.75, 3.05) is 17.6 Å². The Bertz CT molecular complexity index is 791. The zero-order valence-corrected chi connectivity index (χ0v) is 13.8. The first-order chi connectivity index (χ1) is 11.7. The van der Waals surface area contributed by atoms with E-state index < -0.39 is 11.1 Å². The third-order valence-corrected chi connectivity index (χ3v) is 4.36. The maximum absolute atomic E-state index is 10.6. The quantitative estimate of drug-likeness (QED) is 0.483. The highest BCUT2D eigenvalue weighted by molar-refractivity contribution is 7.79. The largest absolute Gasteiger partial charge is 0.772 e. The van der Waals surface area contributed by atoms with Crippen molar-refractivity contribution in [2.24, 2.45) is 0 Å². The Morgan fingerprint density at radius 2 is 2.08 bits per heavy atom. The lowest BCUT2D eigenvalue weighted by Crippen LogP contribution is -2.11. The minimum Gasteiger partial charge on any atom is -0.772 e. The highest BCUT2D eigenvalue weighted by Gasteiger charge is 2.25. The Morgan fingerprint density at radius 1 is 1.29 bits per heavy atom. The molecule has 1 aromatic carbocycles. The number of nitrogens with one attached hydrogen (secondary N) is 1. The van der Waals surface area contributed by atoms with Crippen LogP contribution < -0.4 is 5.32 Å². The molecular weight excluding hydrogens is 326 g/mol. The molecule has 1 atom stereocenters. The summed E-state index contributed by atoms with van der Waals surface area (Å²) in [4.78, 5) is 10.7. The number of nitrogens with zero attached hydrogens (tertiary/aromatic N) is 4. The van der Waals surface area contributed by atoms with Crippen molar-refractivity contribution in [2.45, 2.75) is 19.5 Å². The number of nitriles is 1. The van der Waals surface area contributed by atoms with Gasteiger partial charge in [0.1, 0.15) is 0 Å². The van der Waals surface area contributed by atoms with E-state index in [1.54, 1.807) is 4.90 Å². The third-order valence-electron chi connectivity index (χ3n) is 3.74. The maximum atomic E-state index is 10.6. The predicted octanol–water partition coefficient (Wildman–Crippen LogP) is 1.62. The molecule has 0 fully saturated rings. The number of hydrogen-bond acceptors (Lipinski definition) is 7. The lowest BCUT2D eigenvalue weighted by Gasteiger charge is -2.11. The Balaban J connectivity index is 1.87. The number of aromatic nitrogens is 2. The highest BCUT2D eigenvalue weighted by atomic mass is 32.2. The molecule has 8 heteroatoms. The van der Waals surface area contributed by atoms with Crippen molar-refractivity contribution >= 4 is 17.0 Å². The number of anilines is 1. The van der Waals surface area contributed by atoms with E-state index in [0.717, 1.165) is 22.5 Å². The van der Waals surface area contributed by atoms with E-state index in [1.807, 2.05) is 30.3 Å². The van der Waals surface area contributed by atoms with Gasteiger partial charge in [0.2, 0.25) is 5.95 Å². The molecule has 1 aliphatic heterocycles. The molecule has 0 amide bonds. The van der Waals surface area contributed by atoms with Crippen molar-refractivity contribution in [1.29, 1.82) is 5.26 Å². The molecule has 7 nitrogen and oxygen atoms in total. The van der Waals surface area contributed by atoms with E-state index in [0.29, 0.717) is 32.0 Å². The minimum atomic E-state index is -2.04. The molecule has 1 aliphatic rings. The molecule has 124 valence electrons. The number of rotatable bonds is 6. The molecule has 0 radical (unpaired) electrons. The Hall–Kier alpha value is -2.50. The summed E-state index contributed by atoms with van der Waals surface area (Å²) in [5.74, 6) is 0.565. The predicted molar refractivity (Wildman–Crippen MR) is 89.2 cm³/mol. The topological polar surface area (TPSA) is 105 Å². The van der Waals surface area contributed by atoms with Crippen LogP contribution in [0.15, 0.2) is 30.3 Å². The Morgan fingerprint density at radius 3 is 2.79 bits per heavy atom. The summed E-state index contributed by atoms with van der Waals surface area (Å²) in [5.41, 5.74) is 3.59. The molecular formula is C16H16N5O2S-. The average Bonchev–Trinajstić information content (AvgIpc) is 3.02. The molecule has 0 saturated carbocycles. The summed E-state index contributed by atoms with van der Waals surface area (Å²) in [7, 11) is 0. The lowest BCUT2D eigenvalue weighted by atomic mass is 10.1. The summed E-state index contributed by atoms with van der Waals surface area (Å²) in [5, 5.41) is 12.2. The molecule has 24 heavy (non-hydrogen) atoms. The summed E-state index contributed by atoms with van der Waals surface area (Å²) in [6.45, 7) is 1.45. The number of fused-ring (bicyclic) bond motifs is 1. The molecule has 1 N–H and O–H groups in total. The van der Waals surface area contributed by atoms with Gasteiger partial charge in [-0.15, -0.1) is 0 Å². The van der Waals surface area contributed by atoms with E-state index in [2.05, 4.69) is 21.5 Å². The molecule has 1 aromatic heterocycles. The van der Waals surface area contributed by atoms with Gasteiger partial charge in [-0.2, -0.15) is 5.26 Å². The molecule has 0 saturated heterocycles. The van der Waals surface area contributed by atoms with Crippen LogP contribution in [-0.4, -0.2) is 35.9 Å². The fourth-order valence-electron chi connectivity index (χ4n) is 2.63. The zero-order chi connectivity index (χ0) is 16.9. The molecule has 0 aliphatic carbocycles. The van der Waals surface area contributed by atoms with Crippen molar-refractivity contribution in [3.05, 3.63) is 41.6 Å². The normalized spacial score (nSPS) is 14.1. The van der Waals surface area contributed by atoms with Gasteiger partial charge in [0.05, 0.1) is 24.5 Å². The first-order valence-corrected chi connectivity index (χ1v) is 8.81. The van der Waals surface area contributed by atoms with Gasteiger partial charge < -0.3 is 14.8 Å². The van der Waals surface area contributed by atoms with Crippen LogP contribution in [0.25, 0.3) is 11.3 Å². The van der Waals surface area contributed by atoms with Crippen LogP contribution in [0, 0.1) is 11.5 Å². The van der Waals surface area contributed by atoms with Crippen LogP contribution in [0.1, 0.15) is 17.7 Å². The fourth-order valence-corrected chi connectivity index (χ4v) is 3.01. The van der Waals surface area contributed by atoms with Crippen LogP contribution in [0.5, 0.6) is 0 Å². The maximum Gasteiger partial charge on any atom is 0.223 e. The van der Waals surface area contributed by atoms with Gasteiger partial charge >= 0.3 is 0 Å². The molecule has 3 rings (SSSR count). The van der Waals surface area contributed by atoms with Crippen LogP contribution in [-0.2, 0) is 24.2 Å². The Labute approximate surface area is 142 Å². The van der Waals surface area contributed by atoms with Gasteiger partial charge in [-0.3, -0.25) is 4.21 Å². The standard InChI is InChI=1S/C16H17N5O2S/c17-11-21-9-13-14(10-21)19-16(18-7-4-8-24(22)23)20-15(13)12-5-2-1-3-6-12/h1-3,5-6H,4,7-10H2,(H,22,23)(H,18,19,20)/p-1. The van der Waals surface area contributed by atoms with Gasteiger partial charge in [0.15, 0.2) is 6.19 Å². The Kier molecular flexibility index (Phi) is 5.03. The van der Waals surface area contributed by atoms with Gasteiger partial charge in [0, 0.05) is 23.4 Å². The second-order valence-electron chi connectivity index (χ2n) is 5.43. The first kappa shape index (κ1) is 16.4. The SMILES string of the molecule is N#CN1Cc2nc(NCCCS(=O)[O-])nc(-c3ccccc3)c2C1. The fraction of sp³-hybridized carbons (Fsp3) is 0.312. The van der Waals surface area contributed by atoms with E-state index >= 15 is 0 Å². The molecule has 0 bridgehead atoms. The molecule has 2 heterocycles. The number of benzene rings is 1. The van der Waals surface area contributed by atoms with Crippen LogP contribution in [0.2, 0.25) is 0 Å². The second-order valence-corrected chi connectivity index (χ2v) is 6.45. The second kappa shape index (κ2) is 7.38. The summed E-state index contributed by atoms with van der Waals surface area (Å²) < 4.78 is 21.2. The van der Waals surface area contributed by atoms with E-state index in [9.17, 15) is 8.76 Å². The zero-order valence-electron chi connectivity index (χ0n) is 12.9. The van der Waals surface area contributed by atoms with Crippen molar-refractivity contribution in [3.8, 4) is 17.5 Å². The number of hydrogen-bond donors (Lipinski definition) is 1.